The molecule has 3 atom stereocenters. The Morgan fingerprint density at radius 1 is 0.750 bits per heavy atom. The zero-order chi connectivity index (χ0) is 22.0. The average molecular weight is 464 g/mol. The van der Waals surface area contributed by atoms with Crippen LogP contribution >= 0.6 is 23.2 Å². The van der Waals surface area contributed by atoms with E-state index in [1.54, 1.807) is 18.2 Å². The molecule has 0 aliphatic carbocycles. The number of carbonyl (C=O) groups is 2. The van der Waals surface area contributed by atoms with Crippen molar-refractivity contribution in [3.8, 4) is 0 Å². The van der Waals surface area contributed by atoms with Crippen molar-refractivity contribution in [2.75, 3.05) is 16.5 Å². The van der Waals surface area contributed by atoms with Gasteiger partial charge in [0.25, 0.3) is 5.91 Å². The standard InChI is InChI=1S/C25H19Cl2N3O2/c26-18-11-6-12-19(27)22(18)29-24(31)20-21-17-10-5-4-7-15(17)13-14-28(21)30(23(20)25(29)32)16-8-2-1-3-9-16/h1-12,20-21,23H,13-14H2/t20-,21-,23+/m0/s1. The molecule has 0 bridgehead atoms. The average Bonchev–Trinajstić information content (AvgIpc) is 3.28. The van der Waals surface area contributed by atoms with Gasteiger partial charge in [0.05, 0.1) is 33.4 Å². The second-order valence-electron chi connectivity index (χ2n) is 8.29. The second kappa shape index (κ2) is 7.34. The fourth-order valence-electron chi connectivity index (χ4n) is 5.42. The van der Waals surface area contributed by atoms with Gasteiger partial charge in [-0.05, 0) is 41.8 Å². The van der Waals surface area contributed by atoms with Gasteiger partial charge in [0.2, 0.25) is 5.91 Å². The number of hydrogen-bond donors (Lipinski definition) is 0. The van der Waals surface area contributed by atoms with E-state index in [9.17, 15) is 9.59 Å². The SMILES string of the molecule is O=C1[C@H]2[C@@H]3c4ccccc4CCN3N(c3ccccc3)[C@H]2C(=O)N1c1c(Cl)cccc1Cl. The van der Waals surface area contributed by atoms with Gasteiger partial charge in [-0.25, -0.2) is 9.91 Å². The van der Waals surface area contributed by atoms with E-state index in [2.05, 4.69) is 17.1 Å². The predicted molar refractivity (Wildman–Crippen MR) is 125 cm³/mol. The number of imide groups is 1. The van der Waals surface area contributed by atoms with Gasteiger partial charge in [-0.2, -0.15) is 0 Å². The Morgan fingerprint density at radius 2 is 1.44 bits per heavy atom. The molecular formula is C25H19Cl2N3O2. The van der Waals surface area contributed by atoms with Gasteiger partial charge in [0.1, 0.15) is 6.04 Å². The quantitative estimate of drug-likeness (QED) is 0.507. The van der Waals surface area contributed by atoms with E-state index in [1.807, 2.05) is 47.5 Å². The maximum Gasteiger partial charge on any atom is 0.259 e. The van der Waals surface area contributed by atoms with Crippen LogP contribution in [0.2, 0.25) is 10.0 Å². The lowest BCUT2D eigenvalue weighted by Crippen LogP contribution is -2.49. The topological polar surface area (TPSA) is 43.9 Å². The van der Waals surface area contributed by atoms with Crippen molar-refractivity contribution in [2.24, 2.45) is 5.92 Å². The van der Waals surface area contributed by atoms with Gasteiger partial charge in [-0.1, -0.05) is 71.7 Å². The Balaban J connectivity index is 1.54. The van der Waals surface area contributed by atoms with Crippen LogP contribution in [0.25, 0.3) is 0 Å². The van der Waals surface area contributed by atoms with Crippen LogP contribution in [0.5, 0.6) is 0 Å². The van der Waals surface area contributed by atoms with Gasteiger partial charge in [-0.15, -0.1) is 0 Å². The number of para-hydroxylation sites is 2. The van der Waals surface area contributed by atoms with Crippen molar-refractivity contribution in [1.29, 1.82) is 0 Å². The van der Waals surface area contributed by atoms with Crippen LogP contribution in [0.3, 0.4) is 0 Å². The van der Waals surface area contributed by atoms with Crippen LogP contribution in [0.4, 0.5) is 11.4 Å². The van der Waals surface area contributed by atoms with E-state index in [0.29, 0.717) is 0 Å². The molecule has 0 N–H and O–H groups in total. The predicted octanol–water partition coefficient (Wildman–Crippen LogP) is 4.89. The number of fused-ring (bicyclic) bond motifs is 5. The van der Waals surface area contributed by atoms with Crippen LogP contribution in [0, 0.1) is 5.92 Å². The van der Waals surface area contributed by atoms with Crippen molar-refractivity contribution >= 4 is 46.4 Å². The summed E-state index contributed by atoms with van der Waals surface area (Å²) in [5.41, 5.74) is 3.47. The fourth-order valence-corrected chi connectivity index (χ4v) is 5.99. The molecule has 2 amide bonds. The van der Waals surface area contributed by atoms with E-state index in [4.69, 9.17) is 23.2 Å². The number of nitrogens with zero attached hydrogens (tertiary/aromatic N) is 3. The first-order valence-corrected chi connectivity index (χ1v) is 11.3. The third-order valence-electron chi connectivity index (χ3n) is 6.69. The van der Waals surface area contributed by atoms with E-state index in [1.165, 1.54) is 10.5 Å². The minimum Gasteiger partial charge on any atom is -0.292 e. The van der Waals surface area contributed by atoms with Gasteiger partial charge in [-0.3, -0.25) is 14.6 Å². The molecule has 0 saturated carbocycles. The minimum absolute atomic E-state index is 0.229. The number of benzene rings is 3. The number of rotatable bonds is 2. The molecule has 0 aromatic heterocycles. The van der Waals surface area contributed by atoms with Gasteiger partial charge in [0, 0.05) is 6.54 Å². The summed E-state index contributed by atoms with van der Waals surface area (Å²) in [6.07, 6.45) is 0.859. The van der Waals surface area contributed by atoms with Crippen molar-refractivity contribution in [2.45, 2.75) is 18.5 Å². The normalized spacial score (nSPS) is 24.5. The van der Waals surface area contributed by atoms with Crippen LogP contribution in [0.15, 0.2) is 72.8 Å². The fraction of sp³-hybridized carbons (Fsp3) is 0.200. The number of hydrazine groups is 1. The van der Waals surface area contributed by atoms with Crippen molar-refractivity contribution in [3.63, 3.8) is 0 Å². The highest BCUT2D eigenvalue weighted by molar-refractivity contribution is 6.42. The summed E-state index contributed by atoms with van der Waals surface area (Å²) in [4.78, 5) is 28.9. The van der Waals surface area contributed by atoms with Gasteiger partial charge >= 0.3 is 0 Å². The first-order chi connectivity index (χ1) is 15.6. The molecule has 160 valence electrons. The highest BCUT2D eigenvalue weighted by atomic mass is 35.5. The first-order valence-electron chi connectivity index (χ1n) is 10.6. The lowest BCUT2D eigenvalue weighted by atomic mass is 9.85. The zero-order valence-corrected chi connectivity index (χ0v) is 18.5. The summed E-state index contributed by atoms with van der Waals surface area (Å²) in [5.74, 6) is -1.12. The largest absolute Gasteiger partial charge is 0.292 e. The molecule has 3 aromatic carbocycles. The molecule has 5 nitrogen and oxygen atoms in total. The Kier molecular flexibility index (Phi) is 4.54. The molecule has 0 spiro atoms. The lowest BCUT2D eigenvalue weighted by molar-refractivity contribution is -0.123. The molecule has 32 heavy (non-hydrogen) atoms. The summed E-state index contributed by atoms with van der Waals surface area (Å²) in [6.45, 7) is 0.733. The van der Waals surface area contributed by atoms with Crippen LogP contribution in [-0.2, 0) is 16.0 Å². The second-order valence-corrected chi connectivity index (χ2v) is 9.10. The van der Waals surface area contributed by atoms with E-state index < -0.39 is 12.0 Å². The van der Waals surface area contributed by atoms with Crippen molar-refractivity contribution in [3.05, 3.63) is 94.0 Å². The highest BCUT2D eigenvalue weighted by Gasteiger charge is 2.63. The molecule has 0 radical (unpaired) electrons. The molecule has 6 rings (SSSR count). The third kappa shape index (κ3) is 2.68. The van der Waals surface area contributed by atoms with Crippen LogP contribution < -0.4 is 9.91 Å². The summed E-state index contributed by atoms with van der Waals surface area (Å²) < 4.78 is 0. The van der Waals surface area contributed by atoms with Crippen molar-refractivity contribution in [1.82, 2.24) is 5.01 Å². The Labute approximate surface area is 195 Å². The summed E-state index contributed by atoms with van der Waals surface area (Å²) in [5, 5.41) is 4.77. The van der Waals surface area contributed by atoms with Crippen LogP contribution in [-0.4, -0.2) is 29.4 Å². The molecule has 3 heterocycles. The third-order valence-corrected chi connectivity index (χ3v) is 7.30. The molecule has 3 aromatic rings. The maximum absolute atomic E-state index is 13.9. The number of hydrogen-bond acceptors (Lipinski definition) is 4. The zero-order valence-electron chi connectivity index (χ0n) is 17.0. The number of amides is 2. The van der Waals surface area contributed by atoms with Crippen LogP contribution in [0.1, 0.15) is 17.2 Å². The highest BCUT2D eigenvalue weighted by Crippen LogP contribution is 2.52. The summed E-state index contributed by atoms with van der Waals surface area (Å²) >= 11 is 12.8. The molecular weight excluding hydrogens is 445 g/mol. The van der Waals surface area contributed by atoms with E-state index in [0.717, 1.165) is 24.2 Å². The van der Waals surface area contributed by atoms with Gasteiger partial charge < -0.3 is 0 Å². The molecule has 3 aliphatic heterocycles. The molecule has 2 fully saturated rings. The molecule has 3 aliphatic rings. The first kappa shape index (κ1) is 19.8. The summed E-state index contributed by atoms with van der Waals surface area (Å²) in [6, 6.07) is 22.1. The number of anilines is 2. The Morgan fingerprint density at radius 3 is 2.19 bits per heavy atom. The Bertz CT molecular complexity index is 1230. The van der Waals surface area contributed by atoms with E-state index >= 15 is 0 Å². The molecule has 2 saturated heterocycles. The minimum atomic E-state index is -0.659. The van der Waals surface area contributed by atoms with Crippen molar-refractivity contribution < 1.29 is 9.59 Å². The maximum atomic E-state index is 13.9. The van der Waals surface area contributed by atoms with Gasteiger partial charge in [0.15, 0.2) is 0 Å². The molecule has 0 unspecified atom stereocenters. The Hall–Kier alpha value is -2.86. The lowest BCUT2D eigenvalue weighted by Gasteiger charge is -2.40. The number of carbonyl (C=O) groups excluding carboxylic acids is 2. The van der Waals surface area contributed by atoms with E-state index in [-0.39, 0.29) is 33.6 Å². The monoisotopic (exact) mass is 463 g/mol. The number of halogens is 2. The smallest absolute Gasteiger partial charge is 0.259 e. The summed E-state index contributed by atoms with van der Waals surface area (Å²) in [7, 11) is 0. The molecule has 7 heteroatoms.